The van der Waals surface area contributed by atoms with Gasteiger partial charge in [0.05, 0.1) is 12.7 Å². The second-order valence-electron chi connectivity index (χ2n) is 4.64. The summed E-state index contributed by atoms with van der Waals surface area (Å²) in [7, 11) is 2.45. The standard InChI is InChI=1S/C11H24O4Si/c1-6-7-11(2,8-10-9-15-10)16(12-3,13-4)14-5/h10H,6-9H2,1-5H3. The highest BCUT2D eigenvalue weighted by Crippen LogP contribution is 2.49. The molecule has 1 heterocycles. The Morgan fingerprint density at radius 3 is 2.06 bits per heavy atom. The Morgan fingerprint density at radius 1 is 1.25 bits per heavy atom. The van der Waals surface area contributed by atoms with Crippen molar-refractivity contribution in [3.63, 3.8) is 0 Å². The molecule has 1 saturated heterocycles. The van der Waals surface area contributed by atoms with Crippen molar-refractivity contribution in [3.05, 3.63) is 0 Å². The summed E-state index contributed by atoms with van der Waals surface area (Å²) in [6.45, 7) is 5.23. The van der Waals surface area contributed by atoms with Crippen molar-refractivity contribution in [2.75, 3.05) is 27.9 Å². The van der Waals surface area contributed by atoms with Crippen LogP contribution in [0.2, 0.25) is 5.04 Å². The molecule has 0 N–H and O–H groups in total. The van der Waals surface area contributed by atoms with Gasteiger partial charge in [0.25, 0.3) is 0 Å². The van der Waals surface area contributed by atoms with E-state index in [0.29, 0.717) is 6.10 Å². The van der Waals surface area contributed by atoms with Gasteiger partial charge in [0, 0.05) is 26.4 Å². The summed E-state index contributed by atoms with van der Waals surface area (Å²) in [6.07, 6.45) is 3.45. The van der Waals surface area contributed by atoms with Crippen LogP contribution in [0.4, 0.5) is 0 Å². The molecule has 4 nitrogen and oxygen atoms in total. The van der Waals surface area contributed by atoms with Crippen LogP contribution in [0, 0.1) is 0 Å². The summed E-state index contributed by atoms with van der Waals surface area (Å²) in [5.74, 6) is 0. The Labute approximate surface area is 99.6 Å². The molecule has 2 atom stereocenters. The molecule has 1 aliphatic rings. The molecule has 1 fully saturated rings. The van der Waals surface area contributed by atoms with E-state index >= 15 is 0 Å². The lowest BCUT2D eigenvalue weighted by Gasteiger charge is -2.41. The molecule has 16 heavy (non-hydrogen) atoms. The molecule has 1 aliphatic heterocycles. The molecular formula is C11H24O4Si. The van der Waals surface area contributed by atoms with Crippen LogP contribution in [0.15, 0.2) is 0 Å². The van der Waals surface area contributed by atoms with Crippen molar-refractivity contribution in [2.24, 2.45) is 0 Å². The van der Waals surface area contributed by atoms with Crippen LogP contribution in [0.5, 0.6) is 0 Å². The van der Waals surface area contributed by atoms with Gasteiger partial charge in [-0.25, -0.2) is 0 Å². The van der Waals surface area contributed by atoms with Gasteiger partial charge in [-0.1, -0.05) is 20.3 Å². The topological polar surface area (TPSA) is 40.2 Å². The average molecular weight is 248 g/mol. The first kappa shape index (κ1) is 14.1. The minimum absolute atomic E-state index is 0.0544. The quantitative estimate of drug-likeness (QED) is 0.488. The smallest absolute Gasteiger partial charge is 0.377 e. The van der Waals surface area contributed by atoms with Crippen molar-refractivity contribution < 1.29 is 18.0 Å². The van der Waals surface area contributed by atoms with Gasteiger partial charge in [0.15, 0.2) is 0 Å². The van der Waals surface area contributed by atoms with E-state index in [4.69, 9.17) is 18.0 Å². The van der Waals surface area contributed by atoms with Gasteiger partial charge >= 0.3 is 8.80 Å². The average Bonchev–Trinajstić information content (AvgIpc) is 3.05. The van der Waals surface area contributed by atoms with Gasteiger partial charge < -0.3 is 18.0 Å². The number of hydrogen-bond acceptors (Lipinski definition) is 4. The fraction of sp³-hybridized carbons (Fsp3) is 1.00. The molecular weight excluding hydrogens is 224 g/mol. The molecule has 0 spiro atoms. The third-order valence-electron chi connectivity index (χ3n) is 3.43. The lowest BCUT2D eigenvalue weighted by atomic mass is 9.99. The highest BCUT2D eigenvalue weighted by atomic mass is 28.4. The van der Waals surface area contributed by atoms with Gasteiger partial charge in [-0.2, -0.15) is 0 Å². The van der Waals surface area contributed by atoms with Gasteiger partial charge in [0.2, 0.25) is 0 Å². The van der Waals surface area contributed by atoms with Crippen LogP contribution >= 0.6 is 0 Å². The zero-order chi connectivity index (χ0) is 12.2. The molecule has 2 unspecified atom stereocenters. The Balaban J connectivity index is 2.85. The third-order valence-corrected chi connectivity index (χ3v) is 6.97. The maximum absolute atomic E-state index is 5.62. The number of rotatable bonds is 8. The van der Waals surface area contributed by atoms with Crippen LogP contribution in [-0.4, -0.2) is 42.8 Å². The Hall–Kier alpha value is 0.0569. The fourth-order valence-corrected chi connectivity index (χ4v) is 5.62. The molecule has 0 aliphatic carbocycles. The van der Waals surface area contributed by atoms with Crippen LogP contribution in [0.1, 0.15) is 33.1 Å². The van der Waals surface area contributed by atoms with E-state index in [1.54, 1.807) is 21.3 Å². The zero-order valence-electron chi connectivity index (χ0n) is 11.0. The first-order valence-corrected chi connectivity index (χ1v) is 7.57. The summed E-state index contributed by atoms with van der Waals surface area (Å²) in [6, 6.07) is 0. The largest absolute Gasteiger partial charge is 0.506 e. The van der Waals surface area contributed by atoms with Crippen molar-refractivity contribution in [2.45, 2.75) is 44.3 Å². The molecule has 0 aromatic heterocycles. The van der Waals surface area contributed by atoms with Crippen LogP contribution in [0.3, 0.4) is 0 Å². The first-order chi connectivity index (χ1) is 7.57. The normalized spacial score (nSPS) is 24.2. The highest BCUT2D eigenvalue weighted by Gasteiger charge is 2.57. The van der Waals surface area contributed by atoms with Crippen molar-refractivity contribution in [3.8, 4) is 0 Å². The second kappa shape index (κ2) is 5.60. The van der Waals surface area contributed by atoms with Crippen LogP contribution < -0.4 is 0 Å². The Morgan fingerprint density at radius 2 is 1.75 bits per heavy atom. The molecule has 0 aromatic rings. The van der Waals surface area contributed by atoms with Gasteiger partial charge in [0.1, 0.15) is 0 Å². The third kappa shape index (κ3) is 2.65. The molecule has 0 aromatic carbocycles. The minimum Gasteiger partial charge on any atom is -0.377 e. The molecule has 0 bridgehead atoms. The summed E-state index contributed by atoms with van der Waals surface area (Å²) >= 11 is 0. The van der Waals surface area contributed by atoms with Crippen molar-refractivity contribution in [1.82, 2.24) is 0 Å². The lowest BCUT2D eigenvalue weighted by Crippen LogP contribution is -2.54. The van der Waals surface area contributed by atoms with E-state index in [0.717, 1.165) is 25.9 Å². The SMILES string of the molecule is CCCC(C)(CC1CO1)[Si](OC)(OC)OC. The van der Waals surface area contributed by atoms with E-state index in [1.807, 2.05) is 0 Å². The van der Waals surface area contributed by atoms with E-state index in [1.165, 1.54) is 0 Å². The van der Waals surface area contributed by atoms with Crippen molar-refractivity contribution >= 4 is 8.80 Å². The van der Waals surface area contributed by atoms with Crippen LogP contribution in [0.25, 0.3) is 0 Å². The predicted molar refractivity (Wildman–Crippen MR) is 64.4 cm³/mol. The monoisotopic (exact) mass is 248 g/mol. The summed E-state index contributed by atoms with van der Waals surface area (Å²) < 4.78 is 22.2. The molecule has 0 radical (unpaired) electrons. The molecule has 0 saturated carbocycles. The van der Waals surface area contributed by atoms with Crippen molar-refractivity contribution in [1.29, 1.82) is 0 Å². The minimum atomic E-state index is -2.59. The number of epoxide rings is 1. The Kier molecular flexibility index (Phi) is 4.94. The maximum Gasteiger partial charge on any atom is 0.506 e. The predicted octanol–water partition coefficient (Wildman–Crippen LogP) is 2.21. The molecule has 5 heteroatoms. The van der Waals surface area contributed by atoms with E-state index < -0.39 is 8.80 Å². The molecule has 0 amide bonds. The van der Waals surface area contributed by atoms with E-state index in [9.17, 15) is 0 Å². The summed E-state index contributed by atoms with van der Waals surface area (Å²) in [5, 5.41) is -0.0544. The lowest BCUT2D eigenvalue weighted by molar-refractivity contribution is 0.0841. The maximum atomic E-state index is 5.62. The van der Waals surface area contributed by atoms with Gasteiger partial charge in [-0.15, -0.1) is 0 Å². The van der Waals surface area contributed by atoms with E-state index in [2.05, 4.69) is 13.8 Å². The zero-order valence-corrected chi connectivity index (χ0v) is 12.0. The number of hydrogen-bond donors (Lipinski definition) is 0. The van der Waals surface area contributed by atoms with Crippen LogP contribution in [-0.2, 0) is 18.0 Å². The summed E-state index contributed by atoms with van der Waals surface area (Å²) in [5.41, 5.74) is 0. The first-order valence-electron chi connectivity index (χ1n) is 5.84. The summed E-state index contributed by atoms with van der Waals surface area (Å²) in [4.78, 5) is 0. The fourth-order valence-electron chi connectivity index (χ4n) is 2.61. The molecule has 96 valence electrons. The highest BCUT2D eigenvalue weighted by molar-refractivity contribution is 6.64. The number of ether oxygens (including phenoxy) is 1. The Bertz CT molecular complexity index is 208. The van der Waals surface area contributed by atoms with Gasteiger partial charge in [-0.05, 0) is 12.8 Å². The van der Waals surface area contributed by atoms with E-state index in [-0.39, 0.29) is 5.04 Å². The van der Waals surface area contributed by atoms with Gasteiger partial charge in [-0.3, -0.25) is 0 Å². The molecule has 1 rings (SSSR count). The second-order valence-corrected chi connectivity index (χ2v) is 8.18.